The van der Waals surface area contributed by atoms with Crippen LogP contribution >= 0.6 is 0 Å². The second-order valence-corrected chi connectivity index (χ2v) is 11.8. The monoisotopic (exact) mass is 623 g/mol. The Morgan fingerprint density at radius 2 is 1.40 bits per heavy atom. The molecule has 234 valence electrons. The van der Waals surface area contributed by atoms with Crippen molar-refractivity contribution in [1.82, 2.24) is 5.32 Å². The van der Waals surface area contributed by atoms with Gasteiger partial charge in [0, 0.05) is 35.3 Å². The Morgan fingerprint density at radius 1 is 0.791 bits per heavy atom. The van der Waals surface area contributed by atoms with Gasteiger partial charge in [0.15, 0.2) is 0 Å². The zero-order chi connectivity index (χ0) is 31.3. The lowest BCUT2D eigenvalue weighted by molar-refractivity contribution is -0.284. The second-order valence-electron chi connectivity index (χ2n) is 10.1. The number of alkyl halides is 5. The molecule has 43 heavy (non-hydrogen) atoms. The minimum absolute atomic E-state index is 0.163. The van der Waals surface area contributed by atoms with Gasteiger partial charge in [-0.1, -0.05) is 61.5 Å². The van der Waals surface area contributed by atoms with E-state index >= 15 is 0 Å². The number of unbranched alkanes of at least 4 members (excludes halogenated alkanes) is 1. The Balaban J connectivity index is 1.43. The van der Waals surface area contributed by atoms with Crippen LogP contribution in [0.15, 0.2) is 78.9 Å². The number of allylic oxidation sites excluding steroid dienone is 1. The van der Waals surface area contributed by atoms with Crippen molar-refractivity contribution in [1.29, 1.82) is 0 Å². The molecule has 3 aromatic rings. The summed E-state index contributed by atoms with van der Waals surface area (Å²) >= 11 is 0. The molecule has 0 aliphatic rings. The fourth-order valence-electron chi connectivity index (χ4n) is 4.60. The van der Waals surface area contributed by atoms with Crippen LogP contribution in [0.4, 0.5) is 22.0 Å². The van der Waals surface area contributed by atoms with Crippen LogP contribution in [0.1, 0.15) is 55.7 Å². The van der Waals surface area contributed by atoms with Crippen molar-refractivity contribution in [2.75, 3.05) is 31.2 Å². The lowest BCUT2D eigenvalue weighted by Crippen LogP contribution is -2.36. The number of halogens is 5. The zero-order valence-electron chi connectivity index (χ0n) is 24.1. The molecule has 0 bridgehead atoms. The van der Waals surface area contributed by atoms with E-state index in [0.29, 0.717) is 32.5 Å². The molecule has 0 spiro atoms. The van der Waals surface area contributed by atoms with E-state index in [4.69, 9.17) is 4.74 Å². The first-order valence-corrected chi connectivity index (χ1v) is 15.8. The van der Waals surface area contributed by atoms with Gasteiger partial charge >= 0.3 is 12.1 Å². The van der Waals surface area contributed by atoms with Gasteiger partial charge in [0.25, 0.3) is 0 Å². The Morgan fingerprint density at radius 3 is 2.00 bits per heavy atom. The summed E-state index contributed by atoms with van der Waals surface area (Å²) in [5.41, 5.74) is 5.45. The fraction of sp³-hybridized carbons (Fsp3) is 0.394. The molecular weight excluding hydrogens is 585 g/mol. The number of aromatic hydroxyl groups is 1. The molecule has 0 fully saturated rings. The highest BCUT2D eigenvalue weighted by Crippen LogP contribution is 2.39. The van der Waals surface area contributed by atoms with Crippen LogP contribution in [0, 0.1) is 0 Å². The van der Waals surface area contributed by atoms with Gasteiger partial charge in [-0.3, -0.25) is 4.21 Å². The summed E-state index contributed by atoms with van der Waals surface area (Å²) in [4.78, 5) is 0. The standard InChI is InChI=1S/C33H38F5NO3S/c1-2-30(25-9-4-3-5-10-25)31(26-11-15-28(40)16-12-26)27-13-17-29(18-14-27)42-22-21-39-20-6-7-23-43(41)24-8-19-32(34,35)33(36,37)38/h3-5,9-18,39-40H,2,6-8,19-24H2,1H3/b31-30-. The summed E-state index contributed by atoms with van der Waals surface area (Å²) in [6, 6.07) is 25.3. The first kappa shape index (κ1) is 34.3. The Bertz CT molecular complexity index is 1310. The first-order chi connectivity index (χ1) is 20.5. The topological polar surface area (TPSA) is 58.6 Å². The van der Waals surface area contributed by atoms with E-state index in [1.54, 1.807) is 12.1 Å². The van der Waals surface area contributed by atoms with Crippen molar-refractivity contribution >= 4 is 21.9 Å². The van der Waals surface area contributed by atoms with Gasteiger partial charge in [-0.2, -0.15) is 22.0 Å². The Labute approximate surface area is 252 Å². The molecule has 1 unspecified atom stereocenters. The summed E-state index contributed by atoms with van der Waals surface area (Å²) in [7, 11) is -1.42. The van der Waals surface area contributed by atoms with Crippen LogP contribution < -0.4 is 10.1 Å². The predicted molar refractivity (Wildman–Crippen MR) is 163 cm³/mol. The second kappa shape index (κ2) is 16.6. The summed E-state index contributed by atoms with van der Waals surface area (Å²) in [6.07, 6.45) is -5.23. The number of ether oxygens (including phenoxy) is 1. The zero-order valence-corrected chi connectivity index (χ0v) is 25.0. The Kier molecular flexibility index (Phi) is 13.2. The van der Waals surface area contributed by atoms with Gasteiger partial charge in [0.05, 0.1) is 0 Å². The van der Waals surface area contributed by atoms with Crippen LogP contribution in [0.3, 0.4) is 0 Å². The lowest BCUT2D eigenvalue weighted by Gasteiger charge is -2.19. The molecule has 4 nitrogen and oxygen atoms in total. The van der Waals surface area contributed by atoms with E-state index in [9.17, 15) is 31.3 Å². The summed E-state index contributed by atoms with van der Waals surface area (Å²) in [5, 5.41) is 13.0. The SMILES string of the molecule is CC/C(=C(\c1ccc(O)cc1)c1ccc(OCCNCCCCS(=O)CCCC(F)(F)C(F)(F)F)cc1)c1ccccc1. The third-order valence-electron chi connectivity index (χ3n) is 6.88. The lowest BCUT2D eigenvalue weighted by atomic mass is 9.88. The van der Waals surface area contributed by atoms with Crippen molar-refractivity contribution < 1.29 is 36.0 Å². The van der Waals surface area contributed by atoms with Crippen molar-refractivity contribution in [2.45, 2.75) is 51.1 Å². The van der Waals surface area contributed by atoms with Crippen LogP contribution in [0.25, 0.3) is 11.1 Å². The fourth-order valence-corrected chi connectivity index (χ4v) is 5.80. The molecule has 2 N–H and O–H groups in total. The summed E-state index contributed by atoms with van der Waals surface area (Å²) < 4.78 is 80.2. The molecule has 0 heterocycles. The van der Waals surface area contributed by atoms with Gasteiger partial charge < -0.3 is 15.2 Å². The van der Waals surface area contributed by atoms with Crippen molar-refractivity contribution in [3.8, 4) is 11.5 Å². The van der Waals surface area contributed by atoms with Gasteiger partial charge in [-0.15, -0.1) is 0 Å². The molecule has 1 atom stereocenters. The summed E-state index contributed by atoms with van der Waals surface area (Å²) in [6.45, 7) is 3.79. The highest BCUT2D eigenvalue weighted by atomic mass is 32.2. The molecule has 0 aliphatic heterocycles. The molecule has 0 amide bonds. The highest BCUT2D eigenvalue weighted by Gasteiger charge is 2.56. The number of phenolic OH excluding ortho intramolecular Hbond substituents is 1. The predicted octanol–water partition coefficient (Wildman–Crippen LogP) is 8.24. The molecular formula is C33H38F5NO3S. The van der Waals surface area contributed by atoms with Crippen LogP contribution in [0.5, 0.6) is 11.5 Å². The molecule has 3 rings (SSSR count). The van der Waals surface area contributed by atoms with Gasteiger partial charge in [0.2, 0.25) is 0 Å². The average molecular weight is 624 g/mol. The van der Waals surface area contributed by atoms with Crippen LogP contribution in [0.2, 0.25) is 0 Å². The summed E-state index contributed by atoms with van der Waals surface area (Å²) in [5.74, 6) is -3.70. The molecule has 10 heteroatoms. The van der Waals surface area contributed by atoms with Gasteiger partial charge in [-0.25, -0.2) is 0 Å². The molecule has 0 radical (unpaired) electrons. The van der Waals surface area contributed by atoms with Crippen molar-refractivity contribution in [2.24, 2.45) is 0 Å². The maximum Gasteiger partial charge on any atom is 0.453 e. The largest absolute Gasteiger partial charge is 0.508 e. The molecule has 0 saturated carbocycles. The number of rotatable bonds is 17. The normalized spacial score (nSPS) is 13.4. The van der Waals surface area contributed by atoms with Gasteiger partial charge in [0.1, 0.15) is 18.1 Å². The minimum Gasteiger partial charge on any atom is -0.508 e. The van der Waals surface area contributed by atoms with Crippen molar-refractivity contribution in [3.05, 3.63) is 95.6 Å². The van der Waals surface area contributed by atoms with E-state index in [1.807, 2.05) is 54.6 Å². The molecule has 3 aromatic carbocycles. The van der Waals surface area contributed by atoms with Crippen molar-refractivity contribution in [3.63, 3.8) is 0 Å². The minimum atomic E-state index is -5.57. The molecule has 0 aliphatic carbocycles. The molecule has 0 saturated heterocycles. The third-order valence-corrected chi connectivity index (χ3v) is 8.37. The van der Waals surface area contributed by atoms with E-state index in [0.717, 1.165) is 34.4 Å². The van der Waals surface area contributed by atoms with Gasteiger partial charge in [-0.05, 0) is 84.3 Å². The number of phenols is 1. The highest BCUT2D eigenvalue weighted by molar-refractivity contribution is 7.84. The van der Waals surface area contributed by atoms with Crippen LogP contribution in [-0.4, -0.2) is 52.6 Å². The first-order valence-electron chi connectivity index (χ1n) is 14.3. The average Bonchev–Trinajstić information content (AvgIpc) is 2.98. The smallest absolute Gasteiger partial charge is 0.453 e. The molecule has 0 aromatic heterocycles. The van der Waals surface area contributed by atoms with E-state index < -0.39 is 35.7 Å². The quantitative estimate of drug-likeness (QED) is 0.0904. The maximum atomic E-state index is 12.9. The third kappa shape index (κ3) is 10.8. The number of nitrogens with one attached hydrogen (secondary N) is 1. The van der Waals surface area contributed by atoms with Crippen LogP contribution in [-0.2, 0) is 10.8 Å². The number of hydrogen-bond acceptors (Lipinski definition) is 4. The van der Waals surface area contributed by atoms with E-state index in [-0.39, 0.29) is 17.3 Å². The maximum absolute atomic E-state index is 12.9. The van der Waals surface area contributed by atoms with E-state index in [1.165, 1.54) is 5.57 Å². The Hall–Kier alpha value is -3.24. The van der Waals surface area contributed by atoms with E-state index in [2.05, 4.69) is 24.4 Å². The number of hydrogen-bond donors (Lipinski definition) is 2. The number of benzene rings is 3.